The number of imide groups is 1. The first-order chi connectivity index (χ1) is 32.6. The molecule has 6 N–H and O–H groups in total. The SMILES string of the molecule is C=CS(=O)(=O)c1ccc2nc(N)sc2c1.CC(C)C.CN(C)CCS(=O)(=O)c1ccc2nc(NC(=O)NC(=O)c3cc(-n4cccc4)ccc3Br)sc2c1.NC(=O)c1cc(-n2cccc2)ccc1Br. The van der Waals surface area contributed by atoms with Crippen molar-refractivity contribution in [3.63, 3.8) is 0 Å². The van der Waals surface area contributed by atoms with E-state index in [2.05, 4.69) is 79.8 Å². The average molecular weight is 1140 g/mol. The number of carbonyl (C=O) groups excluding carboxylic acids is 3. The number of amides is 4. The maximum Gasteiger partial charge on any atom is 0.327 e. The second-order valence-corrected chi connectivity index (χ2v) is 23.5. The van der Waals surface area contributed by atoms with Gasteiger partial charge in [-0.1, -0.05) is 50.0 Å². The van der Waals surface area contributed by atoms with Crippen molar-refractivity contribution in [1.29, 1.82) is 0 Å². The molecule has 69 heavy (non-hydrogen) atoms. The number of carbonyl (C=O) groups is 3. The van der Waals surface area contributed by atoms with Gasteiger partial charge in [0.05, 0.1) is 47.1 Å². The fourth-order valence-electron chi connectivity index (χ4n) is 5.79. The topological polar surface area (TPSA) is 234 Å². The number of halogens is 2. The highest BCUT2D eigenvalue weighted by Crippen LogP contribution is 2.30. The maximum absolute atomic E-state index is 12.7. The molecule has 16 nitrogen and oxygen atoms in total. The summed E-state index contributed by atoms with van der Waals surface area (Å²) in [5.74, 6) is -0.184. The minimum Gasteiger partial charge on any atom is -0.375 e. The van der Waals surface area contributed by atoms with Crippen LogP contribution < -0.4 is 22.1 Å². The van der Waals surface area contributed by atoms with Crippen LogP contribution in [0, 0.1) is 5.92 Å². The van der Waals surface area contributed by atoms with E-state index in [-0.39, 0.29) is 20.7 Å². The number of nitrogen functional groups attached to an aromatic ring is 1. The number of anilines is 2. The van der Waals surface area contributed by atoms with Crippen LogP contribution in [0.3, 0.4) is 0 Å². The molecule has 0 saturated carbocycles. The molecular formula is C47H49Br2N9O7S4. The summed E-state index contributed by atoms with van der Waals surface area (Å²) in [6, 6.07) is 26.9. The van der Waals surface area contributed by atoms with Gasteiger partial charge in [-0.3, -0.25) is 20.2 Å². The number of nitrogens with zero attached hydrogens (tertiary/aromatic N) is 5. The van der Waals surface area contributed by atoms with Crippen molar-refractivity contribution in [1.82, 2.24) is 29.3 Å². The minimum atomic E-state index is -3.44. The van der Waals surface area contributed by atoms with Crippen molar-refractivity contribution >= 4 is 123 Å². The Balaban J connectivity index is 0.000000214. The molecule has 0 unspecified atom stereocenters. The Hall–Kier alpha value is -6.01. The van der Waals surface area contributed by atoms with E-state index in [0.29, 0.717) is 47.5 Å². The largest absolute Gasteiger partial charge is 0.375 e. The van der Waals surface area contributed by atoms with Crippen LogP contribution in [0.2, 0.25) is 0 Å². The number of hydrogen-bond acceptors (Lipinski definition) is 13. The number of rotatable bonds is 11. The summed E-state index contributed by atoms with van der Waals surface area (Å²) >= 11 is 9.02. The highest BCUT2D eigenvalue weighted by molar-refractivity contribution is 9.10. The number of sulfone groups is 2. The lowest BCUT2D eigenvalue weighted by atomic mass is 10.2. The van der Waals surface area contributed by atoms with Gasteiger partial charge in [0, 0.05) is 57.1 Å². The Morgan fingerprint density at radius 1 is 0.754 bits per heavy atom. The fourth-order valence-corrected chi connectivity index (χ4v) is 10.6. The average Bonchev–Trinajstić information content (AvgIpc) is 4.14. The van der Waals surface area contributed by atoms with Crippen LogP contribution in [0.4, 0.5) is 15.1 Å². The Labute approximate surface area is 425 Å². The van der Waals surface area contributed by atoms with Crippen molar-refractivity contribution in [2.24, 2.45) is 11.7 Å². The van der Waals surface area contributed by atoms with E-state index in [1.165, 1.54) is 23.5 Å². The highest BCUT2D eigenvalue weighted by atomic mass is 79.9. The van der Waals surface area contributed by atoms with Crippen LogP contribution in [0.15, 0.2) is 153 Å². The Morgan fingerprint density at radius 2 is 1.25 bits per heavy atom. The number of hydrogen-bond donors (Lipinski definition) is 4. The number of benzene rings is 4. The molecule has 4 aromatic heterocycles. The van der Waals surface area contributed by atoms with E-state index in [0.717, 1.165) is 38.7 Å². The summed E-state index contributed by atoms with van der Waals surface area (Å²) in [4.78, 5) is 46.9. The molecule has 4 amide bonds. The third-order valence-electron chi connectivity index (χ3n) is 9.11. The molecule has 0 spiro atoms. The summed E-state index contributed by atoms with van der Waals surface area (Å²) in [7, 11) is -3.20. The quantitative estimate of drug-likeness (QED) is 0.0951. The third kappa shape index (κ3) is 15.2. The van der Waals surface area contributed by atoms with E-state index in [4.69, 9.17) is 11.5 Å². The lowest BCUT2D eigenvalue weighted by Crippen LogP contribution is -2.34. The Morgan fingerprint density at radius 3 is 1.78 bits per heavy atom. The van der Waals surface area contributed by atoms with Gasteiger partial charge < -0.3 is 25.5 Å². The summed E-state index contributed by atoms with van der Waals surface area (Å²) < 4.78 is 54.5. The number of primary amides is 1. The predicted molar refractivity (Wildman–Crippen MR) is 284 cm³/mol. The van der Waals surface area contributed by atoms with Gasteiger partial charge in [0.1, 0.15) is 0 Å². The molecule has 362 valence electrons. The van der Waals surface area contributed by atoms with Gasteiger partial charge in [0.15, 0.2) is 29.9 Å². The molecule has 0 aliphatic heterocycles. The zero-order valence-electron chi connectivity index (χ0n) is 38.0. The van der Waals surface area contributed by atoms with Gasteiger partial charge in [-0.15, -0.1) is 0 Å². The standard InChI is InChI=1S/C23H22BrN5O4S2.C11H9BrN2O.C9H8N2O2S2.C4H10/c1-28(2)11-12-35(32,33)16-6-8-19-20(14-16)34-23(25-19)27-22(31)26-21(30)17-13-15(5-7-18(17)24)29-9-3-4-10-29;12-10-4-3-8(7-9(10)11(13)15)14-5-1-2-6-14;1-2-15(12,13)6-3-4-7-8(5-6)14-9(10)11-7;1-4(2)3/h3-10,13-14H,11-12H2,1-2H3,(H2,25,26,27,30,31);1-7H,(H2,13,15);2-5H,1H2,(H2,10,11);4H,1-3H3. The second kappa shape index (κ2) is 24.0. The van der Waals surface area contributed by atoms with Crippen molar-refractivity contribution < 1.29 is 31.2 Å². The molecule has 0 aliphatic carbocycles. The first-order valence-corrected chi connectivity index (χ1v) is 27.1. The zero-order chi connectivity index (χ0) is 50.6. The Kier molecular flexibility index (Phi) is 18.8. The van der Waals surface area contributed by atoms with Crippen molar-refractivity contribution in [2.75, 3.05) is 37.4 Å². The van der Waals surface area contributed by atoms with E-state index in [9.17, 15) is 31.2 Å². The van der Waals surface area contributed by atoms with Gasteiger partial charge >= 0.3 is 6.03 Å². The molecule has 0 bridgehead atoms. The van der Waals surface area contributed by atoms with Crippen LogP contribution in [-0.2, 0) is 19.7 Å². The molecule has 0 radical (unpaired) electrons. The van der Waals surface area contributed by atoms with Crippen molar-refractivity contribution in [3.05, 3.63) is 154 Å². The number of thiazole rings is 2. The number of fused-ring (bicyclic) bond motifs is 2. The van der Waals surface area contributed by atoms with E-state index < -0.39 is 37.5 Å². The molecule has 0 saturated heterocycles. The lowest BCUT2D eigenvalue weighted by Gasteiger charge is -2.09. The summed E-state index contributed by atoms with van der Waals surface area (Å²) in [5, 5.41) is 6.46. The fraction of sp³-hybridized carbons (Fsp3) is 0.170. The van der Waals surface area contributed by atoms with Crippen LogP contribution in [0.25, 0.3) is 31.8 Å². The summed E-state index contributed by atoms with van der Waals surface area (Å²) in [6.45, 7) is 10.2. The van der Waals surface area contributed by atoms with E-state index >= 15 is 0 Å². The molecule has 4 heterocycles. The predicted octanol–water partition coefficient (Wildman–Crippen LogP) is 9.94. The highest BCUT2D eigenvalue weighted by Gasteiger charge is 2.19. The van der Waals surface area contributed by atoms with Crippen molar-refractivity contribution in [3.8, 4) is 11.4 Å². The molecule has 8 rings (SSSR count). The van der Waals surface area contributed by atoms with Gasteiger partial charge in [-0.05, 0) is 149 Å². The first kappa shape index (κ1) is 53.9. The number of aromatic nitrogens is 4. The molecule has 0 fully saturated rings. The van der Waals surface area contributed by atoms with Crippen LogP contribution in [-0.4, -0.2) is 85.1 Å². The Bertz CT molecular complexity index is 3320. The first-order valence-electron chi connectivity index (χ1n) is 20.7. The van der Waals surface area contributed by atoms with Crippen LogP contribution >= 0.6 is 54.5 Å². The van der Waals surface area contributed by atoms with E-state index in [1.54, 1.807) is 47.4 Å². The molecule has 8 aromatic rings. The summed E-state index contributed by atoms with van der Waals surface area (Å²) in [6.07, 6.45) is 7.52. The van der Waals surface area contributed by atoms with Gasteiger partial charge in [0.25, 0.3) is 5.91 Å². The molecule has 0 atom stereocenters. The molecule has 4 aromatic carbocycles. The van der Waals surface area contributed by atoms with Crippen LogP contribution in [0.1, 0.15) is 41.5 Å². The minimum absolute atomic E-state index is 0.00102. The second-order valence-electron chi connectivity index (χ2n) is 15.7. The number of nitrogens with one attached hydrogen (secondary N) is 2. The van der Waals surface area contributed by atoms with Crippen molar-refractivity contribution in [2.45, 2.75) is 30.6 Å². The van der Waals surface area contributed by atoms with Gasteiger partial charge in [-0.2, -0.15) is 0 Å². The maximum atomic E-state index is 12.7. The molecular weight excluding hydrogens is 1090 g/mol. The normalized spacial score (nSPS) is 11.2. The number of urea groups is 1. The van der Waals surface area contributed by atoms with Gasteiger partial charge in [0.2, 0.25) is 5.91 Å². The zero-order valence-corrected chi connectivity index (χ0v) is 44.4. The smallest absolute Gasteiger partial charge is 0.327 e. The van der Waals surface area contributed by atoms with Crippen LogP contribution in [0.5, 0.6) is 0 Å². The lowest BCUT2D eigenvalue weighted by molar-refractivity contribution is 0.0964. The monoisotopic (exact) mass is 1140 g/mol. The molecule has 0 aliphatic rings. The third-order valence-corrected chi connectivity index (χ3v) is 15.3. The summed E-state index contributed by atoms with van der Waals surface area (Å²) in [5.41, 5.74) is 14.5. The molecule has 22 heteroatoms. The van der Waals surface area contributed by atoms with E-state index in [1.807, 2.05) is 90.5 Å². The number of nitrogens with two attached hydrogens (primary N) is 2. The van der Waals surface area contributed by atoms with Gasteiger partial charge in [-0.25, -0.2) is 31.6 Å².